The lowest BCUT2D eigenvalue weighted by molar-refractivity contribution is 0.689. The van der Waals surface area contributed by atoms with E-state index in [1.807, 2.05) is 6.20 Å². The van der Waals surface area contributed by atoms with E-state index in [2.05, 4.69) is 52.3 Å². The minimum Gasteiger partial charge on any atom is -0.345 e. The van der Waals surface area contributed by atoms with E-state index < -0.39 is 0 Å². The third kappa shape index (κ3) is 3.01. The van der Waals surface area contributed by atoms with Crippen molar-refractivity contribution in [2.45, 2.75) is 32.4 Å². The molecule has 1 aromatic heterocycles. The molecule has 1 aromatic carbocycles. The third-order valence-electron chi connectivity index (χ3n) is 3.98. The molecule has 0 radical (unpaired) electrons. The van der Waals surface area contributed by atoms with Crippen LogP contribution in [-0.2, 0) is 6.54 Å². The molecule has 2 aromatic rings. The Kier molecular flexibility index (Phi) is 4.08. The van der Waals surface area contributed by atoms with Gasteiger partial charge in [-0.25, -0.2) is 4.98 Å². The monoisotopic (exact) mass is 279 g/mol. The van der Waals surface area contributed by atoms with Crippen molar-refractivity contribution < 1.29 is 0 Å². The average molecular weight is 279 g/mol. The summed E-state index contributed by atoms with van der Waals surface area (Å²) in [4.78, 5) is 6.82. The maximum atomic E-state index is 5.47. The Labute approximate surface area is 126 Å². The molecule has 1 fully saturated rings. The maximum Gasteiger partial charge on any atom is 0.137 e. The topological polar surface area (TPSA) is 28.2 Å². The molecule has 1 N–H and O–H groups in total. The van der Waals surface area contributed by atoms with Gasteiger partial charge >= 0.3 is 0 Å². The predicted molar refractivity (Wildman–Crippen MR) is 88.3 cm³/mol. The molecule has 0 unspecified atom stereocenters. The highest BCUT2D eigenvalue weighted by atomic mass is 15.2. The zero-order valence-corrected chi connectivity index (χ0v) is 12.5. The molecule has 3 rings (SSSR count). The van der Waals surface area contributed by atoms with Crippen LogP contribution in [0, 0.1) is 12.3 Å². The van der Waals surface area contributed by atoms with Gasteiger partial charge in [0.25, 0.3) is 0 Å². The van der Waals surface area contributed by atoms with E-state index in [1.54, 1.807) is 0 Å². The van der Waals surface area contributed by atoms with E-state index in [0.717, 1.165) is 18.9 Å². The normalized spacial score (nSPS) is 14.1. The number of pyridine rings is 1. The van der Waals surface area contributed by atoms with Gasteiger partial charge in [-0.05, 0) is 30.7 Å². The zero-order valence-electron chi connectivity index (χ0n) is 12.5. The number of hydrogen-bond donors (Lipinski definition) is 1. The van der Waals surface area contributed by atoms with E-state index in [1.165, 1.54) is 29.2 Å². The largest absolute Gasteiger partial charge is 0.345 e. The quantitative estimate of drug-likeness (QED) is 0.824. The van der Waals surface area contributed by atoms with E-state index in [-0.39, 0.29) is 0 Å². The lowest BCUT2D eigenvalue weighted by Gasteiger charge is -2.22. The first-order valence-corrected chi connectivity index (χ1v) is 7.62. The van der Waals surface area contributed by atoms with Gasteiger partial charge in [0.1, 0.15) is 5.82 Å². The van der Waals surface area contributed by atoms with Crippen LogP contribution in [0.25, 0.3) is 10.8 Å². The van der Waals surface area contributed by atoms with Crippen LogP contribution in [0.4, 0.5) is 5.82 Å². The highest BCUT2D eigenvalue weighted by Gasteiger charge is 2.20. The number of nitrogens with one attached hydrogen (secondary N) is 1. The molecule has 3 nitrogen and oxygen atoms in total. The maximum absolute atomic E-state index is 5.47. The molecule has 1 saturated carbocycles. The Balaban J connectivity index is 1.98. The molecule has 0 atom stereocenters. The summed E-state index contributed by atoms with van der Waals surface area (Å²) in [7, 11) is 0. The molecule has 1 aliphatic rings. The summed E-state index contributed by atoms with van der Waals surface area (Å²) >= 11 is 0. The van der Waals surface area contributed by atoms with Gasteiger partial charge in [0.15, 0.2) is 0 Å². The van der Waals surface area contributed by atoms with Gasteiger partial charge in [-0.2, -0.15) is 0 Å². The van der Waals surface area contributed by atoms with Crippen LogP contribution in [-0.4, -0.2) is 24.1 Å². The van der Waals surface area contributed by atoms with Gasteiger partial charge in [-0.15, -0.1) is 6.42 Å². The minimum atomic E-state index is 0.590. The van der Waals surface area contributed by atoms with E-state index >= 15 is 0 Å². The van der Waals surface area contributed by atoms with Crippen LogP contribution in [0.15, 0.2) is 30.5 Å². The Morgan fingerprint density at radius 3 is 2.76 bits per heavy atom. The summed E-state index contributed by atoms with van der Waals surface area (Å²) in [6, 6.07) is 9.17. The number of terminal acetylenes is 1. The second-order valence-corrected chi connectivity index (χ2v) is 5.53. The van der Waals surface area contributed by atoms with Gasteiger partial charge in [0.05, 0.1) is 6.54 Å². The summed E-state index contributed by atoms with van der Waals surface area (Å²) < 4.78 is 0. The number of aromatic nitrogens is 1. The lowest BCUT2D eigenvalue weighted by atomic mass is 10.1. The Morgan fingerprint density at radius 1 is 1.33 bits per heavy atom. The Morgan fingerprint density at radius 2 is 2.10 bits per heavy atom. The first kappa shape index (κ1) is 13.9. The first-order chi connectivity index (χ1) is 10.3. The standard InChI is InChI=1S/C18H21N3/c1-3-11-21(4-2)18-17-8-6-5-7-16(17)14(13-20-18)12-19-15-9-10-15/h1,5-8,13,15,19H,4,9-12H2,2H3. The smallest absolute Gasteiger partial charge is 0.137 e. The fraction of sp³-hybridized carbons (Fsp3) is 0.389. The summed E-state index contributed by atoms with van der Waals surface area (Å²) in [5.41, 5.74) is 1.26. The first-order valence-electron chi connectivity index (χ1n) is 7.62. The van der Waals surface area contributed by atoms with Crippen molar-refractivity contribution in [2.75, 3.05) is 18.0 Å². The number of anilines is 1. The molecule has 21 heavy (non-hydrogen) atoms. The van der Waals surface area contributed by atoms with Crippen molar-refractivity contribution in [2.24, 2.45) is 0 Å². The number of fused-ring (bicyclic) bond motifs is 1. The van der Waals surface area contributed by atoms with E-state index in [4.69, 9.17) is 6.42 Å². The molecule has 0 spiro atoms. The molecule has 108 valence electrons. The summed E-state index contributed by atoms with van der Waals surface area (Å²) in [6.45, 7) is 4.45. The lowest BCUT2D eigenvalue weighted by Crippen LogP contribution is -2.24. The third-order valence-corrected chi connectivity index (χ3v) is 3.98. The molecule has 0 amide bonds. The molecule has 1 heterocycles. The number of nitrogens with zero attached hydrogens (tertiary/aromatic N) is 2. The number of rotatable bonds is 6. The van der Waals surface area contributed by atoms with Crippen LogP contribution >= 0.6 is 0 Å². The predicted octanol–water partition coefficient (Wildman–Crippen LogP) is 2.95. The fourth-order valence-corrected chi connectivity index (χ4v) is 2.62. The molecule has 1 aliphatic carbocycles. The van der Waals surface area contributed by atoms with Gasteiger partial charge in [0, 0.05) is 30.7 Å². The number of benzene rings is 1. The van der Waals surface area contributed by atoms with Gasteiger partial charge in [-0.3, -0.25) is 0 Å². The van der Waals surface area contributed by atoms with Crippen molar-refractivity contribution >= 4 is 16.6 Å². The zero-order chi connectivity index (χ0) is 14.7. The van der Waals surface area contributed by atoms with E-state index in [0.29, 0.717) is 12.6 Å². The average Bonchev–Trinajstić information content (AvgIpc) is 3.35. The highest BCUT2D eigenvalue weighted by molar-refractivity contribution is 5.94. The summed E-state index contributed by atoms with van der Waals surface area (Å²) in [5, 5.41) is 6.02. The van der Waals surface area contributed by atoms with Crippen molar-refractivity contribution in [1.29, 1.82) is 0 Å². The van der Waals surface area contributed by atoms with Crippen LogP contribution in [0.3, 0.4) is 0 Å². The number of hydrogen-bond acceptors (Lipinski definition) is 3. The van der Waals surface area contributed by atoms with E-state index in [9.17, 15) is 0 Å². The van der Waals surface area contributed by atoms with Crippen LogP contribution in [0.5, 0.6) is 0 Å². The minimum absolute atomic E-state index is 0.590. The molecular weight excluding hydrogens is 258 g/mol. The summed E-state index contributed by atoms with van der Waals surface area (Å²) in [5.74, 6) is 3.71. The van der Waals surface area contributed by atoms with Crippen molar-refractivity contribution in [1.82, 2.24) is 10.3 Å². The highest BCUT2D eigenvalue weighted by Crippen LogP contribution is 2.28. The molecule has 0 aliphatic heterocycles. The molecule has 0 bridgehead atoms. The van der Waals surface area contributed by atoms with Gasteiger partial charge in [0.2, 0.25) is 0 Å². The van der Waals surface area contributed by atoms with Crippen LogP contribution in [0.2, 0.25) is 0 Å². The molecule has 0 saturated heterocycles. The van der Waals surface area contributed by atoms with Crippen LogP contribution in [0.1, 0.15) is 25.3 Å². The molecule has 3 heteroatoms. The summed E-state index contributed by atoms with van der Waals surface area (Å²) in [6.07, 6.45) is 10.1. The Hall–Kier alpha value is -2.05. The van der Waals surface area contributed by atoms with Crippen molar-refractivity contribution in [3.8, 4) is 12.3 Å². The van der Waals surface area contributed by atoms with Crippen molar-refractivity contribution in [3.63, 3.8) is 0 Å². The van der Waals surface area contributed by atoms with Crippen LogP contribution < -0.4 is 10.2 Å². The second-order valence-electron chi connectivity index (χ2n) is 5.53. The van der Waals surface area contributed by atoms with Crippen molar-refractivity contribution in [3.05, 3.63) is 36.0 Å². The SMILES string of the molecule is C#CCN(CC)c1ncc(CNC2CC2)c2ccccc12. The fourth-order valence-electron chi connectivity index (χ4n) is 2.62. The second kappa shape index (κ2) is 6.15. The Bertz CT molecular complexity index is 668. The van der Waals surface area contributed by atoms with Gasteiger partial charge < -0.3 is 10.2 Å². The van der Waals surface area contributed by atoms with Gasteiger partial charge in [-0.1, -0.05) is 30.2 Å². The molecular formula is C18H21N3.